The molecule has 0 spiro atoms. The molecule has 38 heavy (non-hydrogen) atoms. The lowest BCUT2D eigenvalue weighted by Crippen LogP contribution is -2.35. The second-order valence-electron chi connectivity index (χ2n) is 8.34. The fraction of sp³-hybridized carbons (Fsp3) is 0.133. The van der Waals surface area contributed by atoms with Gasteiger partial charge in [-0.15, -0.1) is 11.8 Å². The molecule has 3 amide bonds. The van der Waals surface area contributed by atoms with Crippen LogP contribution in [0.5, 0.6) is 11.5 Å². The Morgan fingerprint density at radius 2 is 1.50 bits per heavy atom. The van der Waals surface area contributed by atoms with Crippen molar-refractivity contribution in [3.63, 3.8) is 0 Å². The monoisotopic (exact) mass is 529 g/mol. The number of para-hydroxylation sites is 1. The number of carbonyl (C=O) groups is 2. The highest BCUT2D eigenvalue weighted by atomic mass is 32.2. The molecule has 0 saturated carbocycles. The zero-order valence-electron chi connectivity index (χ0n) is 20.9. The van der Waals surface area contributed by atoms with E-state index in [4.69, 9.17) is 4.74 Å². The van der Waals surface area contributed by atoms with E-state index in [1.54, 1.807) is 40.9 Å². The van der Waals surface area contributed by atoms with E-state index in [2.05, 4.69) is 10.6 Å². The highest BCUT2D eigenvalue weighted by Crippen LogP contribution is 2.25. The van der Waals surface area contributed by atoms with Crippen LogP contribution in [0.25, 0.3) is 0 Å². The second kappa shape index (κ2) is 13.3. The Hall–Kier alpha value is -4.30. The van der Waals surface area contributed by atoms with E-state index >= 15 is 0 Å². The standard InChI is InChI=1S/C30H28FN3O3S/c1-38-28-18-12-24(13-19-28)33-30(36)32-20-5-21-34(29(35)22-8-10-23(31)11-9-22)25-14-16-27(17-15-25)37-26-6-3-2-4-7-26/h2-4,6-19H,5,20-21H2,1H3,(H2,32,33,36). The van der Waals surface area contributed by atoms with Gasteiger partial charge in [-0.05, 0) is 97.6 Å². The number of ether oxygens (including phenoxy) is 1. The second-order valence-corrected chi connectivity index (χ2v) is 9.22. The fourth-order valence-corrected chi connectivity index (χ4v) is 4.11. The number of benzene rings is 4. The van der Waals surface area contributed by atoms with Crippen molar-refractivity contribution in [1.82, 2.24) is 5.32 Å². The summed E-state index contributed by atoms with van der Waals surface area (Å²) in [6.07, 6.45) is 2.50. The van der Waals surface area contributed by atoms with Gasteiger partial charge in [0.2, 0.25) is 0 Å². The minimum absolute atomic E-state index is 0.264. The van der Waals surface area contributed by atoms with Crippen LogP contribution in [0.1, 0.15) is 16.8 Å². The number of thioether (sulfide) groups is 1. The summed E-state index contributed by atoms with van der Waals surface area (Å²) in [6.45, 7) is 0.703. The molecule has 0 aliphatic rings. The molecule has 0 aliphatic carbocycles. The van der Waals surface area contributed by atoms with Gasteiger partial charge in [-0.1, -0.05) is 18.2 Å². The van der Waals surface area contributed by atoms with Crippen molar-refractivity contribution in [2.24, 2.45) is 0 Å². The average molecular weight is 530 g/mol. The zero-order valence-corrected chi connectivity index (χ0v) is 21.7. The molecule has 0 aromatic heterocycles. The molecule has 0 radical (unpaired) electrons. The van der Waals surface area contributed by atoms with Crippen molar-refractivity contribution in [3.05, 3.63) is 115 Å². The van der Waals surface area contributed by atoms with Gasteiger partial charge in [0.1, 0.15) is 17.3 Å². The number of nitrogens with one attached hydrogen (secondary N) is 2. The van der Waals surface area contributed by atoms with Crippen molar-refractivity contribution in [3.8, 4) is 11.5 Å². The minimum Gasteiger partial charge on any atom is -0.457 e. The third-order valence-electron chi connectivity index (χ3n) is 5.66. The Bertz CT molecular complexity index is 1330. The number of amides is 3. The third kappa shape index (κ3) is 7.60. The maximum atomic E-state index is 13.4. The summed E-state index contributed by atoms with van der Waals surface area (Å²) in [5.74, 6) is 0.677. The van der Waals surface area contributed by atoms with Crippen LogP contribution in [-0.4, -0.2) is 31.3 Å². The van der Waals surface area contributed by atoms with Crippen LogP contribution in [-0.2, 0) is 0 Å². The Morgan fingerprint density at radius 1 is 0.842 bits per heavy atom. The predicted molar refractivity (Wildman–Crippen MR) is 151 cm³/mol. The molecule has 194 valence electrons. The molecular formula is C30H28FN3O3S. The highest BCUT2D eigenvalue weighted by Gasteiger charge is 2.18. The summed E-state index contributed by atoms with van der Waals surface area (Å²) < 4.78 is 19.3. The molecule has 6 nitrogen and oxygen atoms in total. The third-order valence-corrected chi connectivity index (χ3v) is 6.40. The summed E-state index contributed by atoms with van der Waals surface area (Å²) in [5, 5.41) is 5.63. The lowest BCUT2D eigenvalue weighted by Gasteiger charge is -2.23. The predicted octanol–water partition coefficient (Wildman–Crippen LogP) is 7.20. The first-order valence-electron chi connectivity index (χ1n) is 12.1. The van der Waals surface area contributed by atoms with Crippen LogP contribution in [0.2, 0.25) is 0 Å². The van der Waals surface area contributed by atoms with Crippen LogP contribution in [0.3, 0.4) is 0 Å². The number of anilines is 2. The van der Waals surface area contributed by atoms with Gasteiger partial charge in [0.25, 0.3) is 5.91 Å². The largest absolute Gasteiger partial charge is 0.457 e. The topological polar surface area (TPSA) is 70.7 Å². The normalized spacial score (nSPS) is 10.5. The fourth-order valence-electron chi connectivity index (χ4n) is 3.70. The van der Waals surface area contributed by atoms with Crippen LogP contribution < -0.4 is 20.3 Å². The van der Waals surface area contributed by atoms with Crippen molar-refractivity contribution in [2.75, 3.05) is 29.6 Å². The van der Waals surface area contributed by atoms with Crippen molar-refractivity contribution in [1.29, 1.82) is 0 Å². The molecule has 8 heteroatoms. The number of hydrogen-bond donors (Lipinski definition) is 2. The average Bonchev–Trinajstić information content (AvgIpc) is 2.95. The molecule has 2 N–H and O–H groups in total. The molecule has 0 bridgehead atoms. The number of carbonyl (C=O) groups excluding carboxylic acids is 2. The molecule has 0 saturated heterocycles. The van der Waals surface area contributed by atoms with Crippen LogP contribution in [0.4, 0.5) is 20.6 Å². The van der Waals surface area contributed by atoms with E-state index in [0.717, 1.165) is 4.90 Å². The van der Waals surface area contributed by atoms with Gasteiger partial charge in [0, 0.05) is 34.9 Å². The molecule has 0 fully saturated rings. The van der Waals surface area contributed by atoms with Gasteiger partial charge in [-0.2, -0.15) is 0 Å². The molecule has 0 unspecified atom stereocenters. The van der Waals surface area contributed by atoms with Crippen LogP contribution >= 0.6 is 11.8 Å². The molecule has 0 atom stereocenters. The van der Waals surface area contributed by atoms with E-state index in [-0.39, 0.29) is 11.9 Å². The number of halogens is 1. The van der Waals surface area contributed by atoms with Crippen LogP contribution in [0, 0.1) is 5.82 Å². The van der Waals surface area contributed by atoms with Gasteiger partial charge >= 0.3 is 6.03 Å². The quantitative estimate of drug-likeness (QED) is 0.168. The smallest absolute Gasteiger partial charge is 0.319 e. The molecule has 0 heterocycles. The molecule has 4 aromatic carbocycles. The Morgan fingerprint density at radius 3 is 2.16 bits per heavy atom. The van der Waals surface area contributed by atoms with Gasteiger partial charge in [-0.25, -0.2) is 9.18 Å². The minimum atomic E-state index is -0.409. The van der Waals surface area contributed by atoms with E-state index in [9.17, 15) is 14.0 Å². The van der Waals surface area contributed by atoms with Crippen molar-refractivity contribution >= 4 is 35.1 Å². The first-order valence-corrected chi connectivity index (χ1v) is 13.3. The van der Waals surface area contributed by atoms with Crippen molar-refractivity contribution in [2.45, 2.75) is 11.3 Å². The molecule has 0 aliphatic heterocycles. The Balaban J connectivity index is 1.39. The van der Waals surface area contributed by atoms with Gasteiger partial charge < -0.3 is 20.3 Å². The zero-order chi connectivity index (χ0) is 26.7. The van der Waals surface area contributed by atoms with E-state index < -0.39 is 5.82 Å². The maximum Gasteiger partial charge on any atom is 0.319 e. The first-order chi connectivity index (χ1) is 18.5. The highest BCUT2D eigenvalue weighted by molar-refractivity contribution is 7.98. The SMILES string of the molecule is CSc1ccc(NC(=O)NCCCN(C(=O)c2ccc(F)cc2)c2ccc(Oc3ccccc3)cc2)cc1. The number of hydrogen-bond acceptors (Lipinski definition) is 4. The number of nitrogens with zero attached hydrogens (tertiary/aromatic N) is 1. The summed E-state index contributed by atoms with van der Waals surface area (Å²) in [4.78, 5) is 28.3. The van der Waals surface area contributed by atoms with Crippen LogP contribution in [0.15, 0.2) is 108 Å². The van der Waals surface area contributed by atoms with Crippen molar-refractivity contribution < 1.29 is 18.7 Å². The number of rotatable bonds is 10. The lowest BCUT2D eigenvalue weighted by molar-refractivity contribution is 0.0986. The van der Waals surface area contributed by atoms with E-state index in [1.807, 2.05) is 60.9 Å². The molecular weight excluding hydrogens is 501 g/mol. The van der Waals surface area contributed by atoms with Gasteiger partial charge in [0.15, 0.2) is 0 Å². The first kappa shape index (κ1) is 26.8. The van der Waals surface area contributed by atoms with Gasteiger partial charge in [-0.3, -0.25) is 4.79 Å². The molecule has 4 rings (SSSR count). The Labute approximate surface area is 225 Å². The summed E-state index contributed by atoms with van der Waals surface area (Å²) in [5.41, 5.74) is 1.74. The lowest BCUT2D eigenvalue weighted by atomic mass is 10.1. The maximum absolute atomic E-state index is 13.4. The van der Waals surface area contributed by atoms with E-state index in [1.165, 1.54) is 24.3 Å². The number of urea groups is 1. The molecule has 4 aromatic rings. The van der Waals surface area contributed by atoms with Gasteiger partial charge in [0.05, 0.1) is 0 Å². The van der Waals surface area contributed by atoms with E-state index in [0.29, 0.717) is 47.9 Å². The summed E-state index contributed by atoms with van der Waals surface area (Å²) >= 11 is 1.63. The summed E-state index contributed by atoms with van der Waals surface area (Å²) in [7, 11) is 0. The summed E-state index contributed by atoms with van der Waals surface area (Å²) in [6, 6.07) is 29.3. The Kier molecular flexibility index (Phi) is 9.37.